The molecule has 1 aromatic rings. The van der Waals surface area contributed by atoms with Crippen LogP contribution in [0.15, 0.2) is 12.1 Å². The van der Waals surface area contributed by atoms with Crippen molar-refractivity contribution in [2.24, 2.45) is 0 Å². The number of ether oxygens (including phenoxy) is 1. The van der Waals surface area contributed by atoms with Gasteiger partial charge in [0.05, 0.1) is 13.0 Å². The number of alkyl halides is 1. The Balaban J connectivity index is 2.92. The van der Waals surface area contributed by atoms with E-state index in [1.54, 1.807) is 13.0 Å². The van der Waals surface area contributed by atoms with E-state index in [9.17, 15) is 9.18 Å². The number of carbonyl (C=O) groups excluding carboxylic acids is 1. The van der Waals surface area contributed by atoms with Gasteiger partial charge in [-0.2, -0.15) is 0 Å². The standard InChI is InChI=1S/C11H11BrClFO2/c1-2-16-11(15)5-8-9(13)3-7(6-12)4-10(8)14/h3-4H,2,5-6H2,1H3. The second-order valence-electron chi connectivity index (χ2n) is 3.15. The lowest BCUT2D eigenvalue weighted by Crippen LogP contribution is -2.09. The highest BCUT2D eigenvalue weighted by atomic mass is 79.9. The van der Waals surface area contributed by atoms with Gasteiger partial charge in [-0.3, -0.25) is 4.79 Å². The van der Waals surface area contributed by atoms with Gasteiger partial charge in [0.15, 0.2) is 0 Å². The Kier molecular flexibility index (Phi) is 5.22. The Morgan fingerprint density at radius 3 is 2.75 bits per heavy atom. The third kappa shape index (κ3) is 3.46. The van der Waals surface area contributed by atoms with E-state index in [-0.39, 0.29) is 23.6 Å². The second kappa shape index (κ2) is 6.21. The summed E-state index contributed by atoms with van der Waals surface area (Å²) in [7, 11) is 0. The molecule has 0 heterocycles. The molecule has 0 amide bonds. The highest BCUT2D eigenvalue weighted by molar-refractivity contribution is 9.08. The van der Waals surface area contributed by atoms with Crippen LogP contribution in [0.5, 0.6) is 0 Å². The van der Waals surface area contributed by atoms with Crippen LogP contribution in [-0.4, -0.2) is 12.6 Å². The number of hydrogen-bond donors (Lipinski definition) is 0. The van der Waals surface area contributed by atoms with Crippen LogP contribution < -0.4 is 0 Å². The summed E-state index contributed by atoms with van der Waals surface area (Å²) < 4.78 is 18.3. The molecule has 0 aliphatic heterocycles. The maximum absolute atomic E-state index is 13.6. The second-order valence-corrected chi connectivity index (χ2v) is 4.12. The molecule has 2 nitrogen and oxygen atoms in total. The Morgan fingerprint density at radius 1 is 1.56 bits per heavy atom. The van der Waals surface area contributed by atoms with Crippen LogP contribution in [0.25, 0.3) is 0 Å². The van der Waals surface area contributed by atoms with E-state index in [2.05, 4.69) is 15.9 Å². The molecule has 0 bridgehead atoms. The molecule has 0 N–H and O–H groups in total. The number of carbonyl (C=O) groups is 1. The largest absolute Gasteiger partial charge is 0.466 e. The van der Waals surface area contributed by atoms with E-state index < -0.39 is 11.8 Å². The van der Waals surface area contributed by atoms with Crippen molar-refractivity contribution in [2.75, 3.05) is 6.61 Å². The van der Waals surface area contributed by atoms with Crippen molar-refractivity contribution in [3.05, 3.63) is 34.1 Å². The summed E-state index contributed by atoms with van der Waals surface area (Å²) >= 11 is 9.10. The van der Waals surface area contributed by atoms with Crippen molar-refractivity contribution < 1.29 is 13.9 Å². The third-order valence-corrected chi connectivity index (χ3v) is 2.97. The van der Waals surface area contributed by atoms with Gasteiger partial charge in [0.25, 0.3) is 0 Å². The molecule has 0 radical (unpaired) electrons. The van der Waals surface area contributed by atoms with E-state index in [1.165, 1.54) is 6.07 Å². The molecule has 0 fully saturated rings. The topological polar surface area (TPSA) is 26.3 Å². The van der Waals surface area contributed by atoms with E-state index >= 15 is 0 Å². The Morgan fingerprint density at radius 2 is 2.25 bits per heavy atom. The van der Waals surface area contributed by atoms with Crippen molar-refractivity contribution in [3.63, 3.8) is 0 Å². The molecule has 0 aliphatic carbocycles. The minimum Gasteiger partial charge on any atom is -0.466 e. The highest BCUT2D eigenvalue weighted by Gasteiger charge is 2.14. The molecule has 0 aliphatic rings. The molecule has 0 aromatic heterocycles. The predicted octanol–water partition coefficient (Wildman–Crippen LogP) is 3.48. The first kappa shape index (κ1) is 13.5. The zero-order chi connectivity index (χ0) is 12.1. The van der Waals surface area contributed by atoms with Crippen LogP contribution in [0, 0.1) is 5.82 Å². The SMILES string of the molecule is CCOC(=O)Cc1c(F)cc(CBr)cc1Cl. The summed E-state index contributed by atoms with van der Waals surface area (Å²) in [6, 6.07) is 2.99. The van der Waals surface area contributed by atoms with Crippen molar-refractivity contribution in [1.82, 2.24) is 0 Å². The summed E-state index contributed by atoms with van der Waals surface area (Å²) in [5, 5.41) is 0.770. The van der Waals surface area contributed by atoms with E-state index in [0.717, 1.165) is 5.56 Å². The molecule has 0 unspecified atom stereocenters. The smallest absolute Gasteiger partial charge is 0.310 e. The fourth-order valence-electron chi connectivity index (χ4n) is 1.26. The first-order chi connectivity index (χ1) is 7.58. The van der Waals surface area contributed by atoms with Crippen LogP contribution in [0.3, 0.4) is 0 Å². The van der Waals surface area contributed by atoms with Crippen LogP contribution >= 0.6 is 27.5 Å². The lowest BCUT2D eigenvalue weighted by molar-refractivity contribution is -0.142. The molecular weight excluding hydrogens is 298 g/mol. The van der Waals surface area contributed by atoms with Gasteiger partial charge in [-0.1, -0.05) is 27.5 Å². The summed E-state index contributed by atoms with van der Waals surface area (Å²) in [4.78, 5) is 11.2. The molecular formula is C11H11BrClFO2. The van der Waals surface area contributed by atoms with Gasteiger partial charge in [-0.05, 0) is 24.6 Å². The number of hydrogen-bond acceptors (Lipinski definition) is 2. The van der Waals surface area contributed by atoms with Gasteiger partial charge in [-0.15, -0.1) is 0 Å². The molecule has 0 saturated heterocycles. The average molecular weight is 310 g/mol. The molecule has 0 saturated carbocycles. The number of rotatable bonds is 4. The minimum absolute atomic E-state index is 0.138. The van der Waals surface area contributed by atoms with Crippen LogP contribution in [0.4, 0.5) is 4.39 Å². The van der Waals surface area contributed by atoms with Crippen molar-refractivity contribution >= 4 is 33.5 Å². The van der Waals surface area contributed by atoms with E-state index in [1.807, 2.05) is 0 Å². The van der Waals surface area contributed by atoms with Gasteiger partial charge in [0.2, 0.25) is 0 Å². The molecule has 5 heteroatoms. The monoisotopic (exact) mass is 308 g/mol. The van der Waals surface area contributed by atoms with Gasteiger partial charge in [-0.25, -0.2) is 4.39 Å². The molecule has 16 heavy (non-hydrogen) atoms. The zero-order valence-corrected chi connectivity index (χ0v) is 11.1. The molecule has 1 rings (SSSR count). The van der Waals surface area contributed by atoms with Crippen LogP contribution in [0.2, 0.25) is 5.02 Å². The summed E-state index contributed by atoms with van der Waals surface area (Å²) in [6.45, 7) is 1.97. The van der Waals surface area contributed by atoms with Crippen LogP contribution in [-0.2, 0) is 21.3 Å². The number of benzene rings is 1. The highest BCUT2D eigenvalue weighted by Crippen LogP contribution is 2.23. The van der Waals surface area contributed by atoms with Gasteiger partial charge < -0.3 is 4.74 Å². The fraction of sp³-hybridized carbons (Fsp3) is 0.364. The normalized spacial score (nSPS) is 10.2. The first-order valence-electron chi connectivity index (χ1n) is 4.76. The van der Waals surface area contributed by atoms with E-state index in [0.29, 0.717) is 5.33 Å². The molecule has 1 aromatic carbocycles. The van der Waals surface area contributed by atoms with Crippen LogP contribution in [0.1, 0.15) is 18.1 Å². The van der Waals surface area contributed by atoms with Crippen molar-refractivity contribution in [1.29, 1.82) is 0 Å². The number of halogens is 3. The predicted molar refractivity (Wildman–Crippen MR) is 64.4 cm³/mol. The molecule has 0 atom stereocenters. The first-order valence-corrected chi connectivity index (χ1v) is 6.26. The number of esters is 1. The fourth-order valence-corrected chi connectivity index (χ4v) is 1.88. The molecule has 0 spiro atoms. The summed E-state index contributed by atoms with van der Waals surface area (Å²) in [5.74, 6) is -0.954. The van der Waals surface area contributed by atoms with Gasteiger partial charge in [0.1, 0.15) is 5.82 Å². The maximum atomic E-state index is 13.6. The van der Waals surface area contributed by atoms with Crippen molar-refractivity contribution in [3.8, 4) is 0 Å². The Bertz CT molecular complexity index is 373. The average Bonchev–Trinajstić information content (AvgIpc) is 2.23. The van der Waals surface area contributed by atoms with Gasteiger partial charge in [0, 0.05) is 15.9 Å². The molecule has 88 valence electrons. The Hall–Kier alpha value is -0.610. The summed E-state index contributed by atoms with van der Waals surface area (Å²) in [5.41, 5.74) is 0.917. The quantitative estimate of drug-likeness (QED) is 0.629. The van der Waals surface area contributed by atoms with Gasteiger partial charge >= 0.3 is 5.97 Å². The zero-order valence-electron chi connectivity index (χ0n) is 8.73. The lowest BCUT2D eigenvalue weighted by atomic mass is 10.1. The third-order valence-electron chi connectivity index (χ3n) is 1.98. The maximum Gasteiger partial charge on any atom is 0.310 e. The minimum atomic E-state index is -0.477. The summed E-state index contributed by atoms with van der Waals surface area (Å²) in [6.07, 6.45) is -0.138. The van der Waals surface area contributed by atoms with E-state index in [4.69, 9.17) is 16.3 Å². The van der Waals surface area contributed by atoms with Crippen molar-refractivity contribution in [2.45, 2.75) is 18.7 Å². The lowest BCUT2D eigenvalue weighted by Gasteiger charge is -2.07. The Labute approximate surface area is 107 Å².